The minimum absolute atomic E-state index is 0.0869. The zero-order valence-corrected chi connectivity index (χ0v) is 11.5. The number of benzene rings is 1. The topological polar surface area (TPSA) is 48.4 Å². The number of hydrogen-bond donors (Lipinski definition) is 0. The van der Waals surface area contributed by atoms with Crippen molar-refractivity contribution in [3.05, 3.63) is 59.4 Å². The number of nitrogens with zero attached hydrogens (tertiary/aromatic N) is 1. The van der Waals surface area contributed by atoms with Crippen LogP contribution in [0.25, 0.3) is 0 Å². The van der Waals surface area contributed by atoms with Crippen molar-refractivity contribution in [2.24, 2.45) is 0 Å². The van der Waals surface area contributed by atoms with Crippen LogP contribution in [0.3, 0.4) is 0 Å². The summed E-state index contributed by atoms with van der Waals surface area (Å²) in [5.74, 6) is 4.90. The molecular formula is C16H11F2NO3. The highest BCUT2D eigenvalue weighted by Gasteiger charge is 2.08. The van der Waals surface area contributed by atoms with Crippen molar-refractivity contribution in [2.75, 3.05) is 7.11 Å². The summed E-state index contributed by atoms with van der Waals surface area (Å²) in [6.45, 7) is -2.94. The van der Waals surface area contributed by atoms with Gasteiger partial charge in [0, 0.05) is 11.8 Å². The van der Waals surface area contributed by atoms with Gasteiger partial charge in [0.15, 0.2) is 11.4 Å². The number of carbonyl (C=O) groups is 1. The minimum atomic E-state index is -2.94. The molecule has 1 aromatic carbocycles. The van der Waals surface area contributed by atoms with Gasteiger partial charge in [-0.05, 0) is 42.3 Å². The second-order valence-corrected chi connectivity index (χ2v) is 4.05. The summed E-state index contributed by atoms with van der Waals surface area (Å²) in [4.78, 5) is 15.2. The van der Waals surface area contributed by atoms with E-state index in [4.69, 9.17) is 0 Å². The van der Waals surface area contributed by atoms with E-state index >= 15 is 0 Å². The smallest absolute Gasteiger partial charge is 0.387 e. The van der Waals surface area contributed by atoms with Crippen LogP contribution >= 0.6 is 0 Å². The Morgan fingerprint density at radius 1 is 1.18 bits per heavy atom. The lowest BCUT2D eigenvalue weighted by Gasteiger charge is -2.04. The molecule has 0 fully saturated rings. The van der Waals surface area contributed by atoms with Crippen molar-refractivity contribution in [1.29, 1.82) is 0 Å². The van der Waals surface area contributed by atoms with Gasteiger partial charge in [-0.3, -0.25) is 0 Å². The normalized spacial score (nSPS) is 9.82. The molecule has 0 aliphatic heterocycles. The number of hydrogen-bond acceptors (Lipinski definition) is 4. The first kappa shape index (κ1) is 15.4. The predicted molar refractivity (Wildman–Crippen MR) is 74.6 cm³/mol. The van der Waals surface area contributed by atoms with Crippen LogP contribution in [0.5, 0.6) is 5.75 Å². The Morgan fingerprint density at radius 2 is 1.91 bits per heavy atom. The molecule has 0 radical (unpaired) electrons. The van der Waals surface area contributed by atoms with Crippen molar-refractivity contribution >= 4 is 5.97 Å². The SMILES string of the molecule is COC(=O)c1ccc(C#Cc2ncccc2OC(F)F)cc1. The lowest BCUT2D eigenvalue weighted by atomic mass is 10.1. The Hall–Kier alpha value is -2.94. The molecule has 0 saturated heterocycles. The molecule has 112 valence electrons. The van der Waals surface area contributed by atoms with E-state index < -0.39 is 12.6 Å². The van der Waals surface area contributed by atoms with Gasteiger partial charge in [0.25, 0.3) is 0 Å². The van der Waals surface area contributed by atoms with Gasteiger partial charge in [0.1, 0.15) is 0 Å². The standard InChI is InChI=1S/C16H11F2NO3/c1-21-15(20)12-7-4-11(5-8-12)6-9-13-14(22-16(17)18)3-2-10-19-13/h2-5,7-8,10,16H,1H3. The summed E-state index contributed by atoms with van der Waals surface area (Å²) in [5.41, 5.74) is 1.11. The third kappa shape index (κ3) is 4.03. The zero-order valence-electron chi connectivity index (χ0n) is 11.5. The Morgan fingerprint density at radius 3 is 2.55 bits per heavy atom. The van der Waals surface area contributed by atoms with Crippen LogP contribution in [0.4, 0.5) is 8.78 Å². The summed E-state index contributed by atoms with van der Waals surface area (Å²) >= 11 is 0. The first-order valence-corrected chi connectivity index (χ1v) is 6.20. The van der Waals surface area contributed by atoms with E-state index in [0.29, 0.717) is 11.1 Å². The molecule has 1 aromatic heterocycles. The first-order chi connectivity index (χ1) is 10.6. The summed E-state index contributed by atoms with van der Waals surface area (Å²) < 4.78 is 33.5. The van der Waals surface area contributed by atoms with Crippen molar-refractivity contribution in [3.8, 4) is 17.6 Å². The van der Waals surface area contributed by atoms with Crippen molar-refractivity contribution in [3.63, 3.8) is 0 Å². The van der Waals surface area contributed by atoms with Crippen LogP contribution in [0.1, 0.15) is 21.6 Å². The molecule has 0 N–H and O–H groups in total. The molecule has 0 amide bonds. The first-order valence-electron chi connectivity index (χ1n) is 6.20. The van der Waals surface area contributed by atoms with Gasteiger partial charge in [-0.15, -0.1) is 0 Å². The molecule has 0 spiro atoms. The molecule has 2 rings (SSSR count). The second kappa shape index (κ2) is 7.18. The molecule has 1 heterocycles. The molecule has 0 saturated carbocycles. The quantitative estimate of drug-likeness (QED) is 0.646. The molecule has 4 nitrogen and oxygen atoms in total. The number of esters is 1. The Labute approximate surface area is 125 Å². The van der Waals surface area contributed by atoms with Crippen LogP contribution in [-0.2, 0) is 4.74 Å². The number of carbonyl (C=O) groups excluding carboxylic acids is 1. The largest absolute Gasteiger partial charge is 0.465 e. The number of methoxy groups -OCH3 is 1. The maximum atomic E-state index is 12.3. The third-order valence-corrected chi connectivity index (χ3v) is 2.62. The predicted octanol–water partition coefficient (Wildman–Crippen LogP) is 2.87. The van der Waals surface area contributed by atoms with Gasteiger partial charge in [0.05, 0.1) is 12.7 Å². The average molecular weight is 303 g/mol. The van der Waals surface area contributed by atoms with Crippen LogP contribution in [-0.4, -0.2) is 24.7 Å². The third-order valence-electron chi connectivity index (χ3n) is 2.62. The maximum absolute atomic E-state index is 12.3. The van der Waals surface area contributed by atoms with Gasteiger partial charge >= 0.3 is 12.6 Å². The Balaban J connectivity index is 2.22. The van der Waals surface area contributed by atoms with Crippen molar-refractivity contribution in [2.45, 2.75) is 6.61 Å². The fraction of sp³-hybridized carbons (Fsp3) is 0.125. The van der Waals surface area contributed by atoms with E-state index in [1.807, 2.05) is 0 Å². The molecule has 22 heavy (non-hydrogen) atoms. The van der Waals surface area contributed by atoms with E-state index in [2.05, 4.69) is 26.3 Å². The molecule has 0 atom stereocenters. The molecule has 0 aliphatic carbocycles. The van der Waals surface area contributed by atoms with Crippen LogP contribution in [0.2, 0.25) is 0 Å². The van der Waals surface area contributed by atoms with E-state index in [9.17, 15) is 13.6 Å². The number of alkyl halides is 2. The van der Waals surface area contributed by atoms with E-state index in [0.717, 1.165) is 0 Å². The lowest BCUT2D eigenvalue weighted by molar-refractivity contribution is -0.0502. The van der Waals surface area contributed by atoms with Gasteiger partial charge in [-0.25, -0.2) is 9.78 Å². The Kier molecular flexibility index (Phi) is 5.04. The highest BCUT2D eigenvalue weighted by molar-refractivity contribution is 5.89. The number of aromatic nitrogens is 1. The van der Waals surface area contributed by atoms with Gasteiger partial charge < -0.3 is 9.47 Å². The molecule has 6 heteroatoms. The lowest BCUT2D eigenvalue weighted by Crippen LogP contribution is -2.04. The van der Waals surface area contributed by atoms with Crippen LogP contribution in [0.15, 0.2) is 42.6 Å². The van der Waals surface area contributed by atoms with Gasteiger partial charge in [0.2, 0.25) is 0 Å². The number of rotatable bonds is 3. The number of ether oxygens (including phenoxy) is 2. The second-order valence-electron chi connectivity index (χ2n) is 4.05. The van der Waals surface area contributed by atoms with Crippen molar-refractivity contribution in [1.82, 2.24) is 4.98 Å². The number of pyridine rings is 1. The fourth-order valence-electron chi connectivity index (χ4n) is 1.61. The van der Waals surface area contributed by atoms with E-state index in [1.165, 1.54) is 25.4 Å². The molecular weight excluding hydrogens is 292 g/mol. The van der Waals surface area contributed by atoms with Gasteiger partial charge in [-0.1, -0.05) is 5.92 Å². The van der Waals surface area contributed by atoms with E-state index in [1.54, 1.807) is 24.3 Å². The average Bonchev–Trinajstić information content (AvgIpc) is 2.53. The summed E-state index contributed by atoms with van der Waals surface area (Å²) in [6.07, 6.45) is 1.43. The molecule has 0 unspecified atom stereocenters. The Bertz CT molecular complexity index is 718. The molecule has 2 aromatic rings. The van der Waals surface area contributed by atoms with Gasteiger partial charge in [-0.2, -0.15) is 8.78 Å². The van der Waals surface area contributed by atoms with E-state index in [-0.39, 0.29) is 11.4 Å². The van der Waals surface area contributed by atoms with Crippen LogP contribution < -0.4 is 4.74 Å². The highest BCUT2D eigenvalue weighted by Crippen LogP contribution is 2.17. The monoisotopic (exact) mass is 303 g/mol. The fourth-order valence-corrected chi connectivity index (χ4v) is 1.61. The summed E-state index contributed by atoms with van der Waals surface area (Å²) in [6, 6.07) is 9.21. The molecule has 0 bridgehead atoms. The van der Waals surface area contributed by atoms with Crippen LogP contribution in [0, 0.1) is 11.8 Å². The maximum Gasteiger partial charge on any atom is 0.387 e. The molecule has 0 aliphatic rings. The summed E-state index contributed by atoms with van der Waals surface area (Å²) in [5, 5.41) is 0. The zero-order chi connectivity index (χ0) is 15.9. The highest BCUT2D eigenvalue weighted by atomic mass is 19.3. The van der Waals surface area contributed by atoms with Crippen molar-refractivity contribution < 1.29 is 23.0 Å². The minimum Gasteiger partial charge on any atom is -0.465 e. The number of halogens is 2. The summed E-state index contributed by atoms with van der Waals surface area (Å²) in [7, 11) is 1.29.